The van der Waals surface area contributed by atoms with Gasteiger partial charge in [-0.25, -0.2) is 0 Å². The molecule has 1 aromatic rings. The molecule has 0 atom stereocenters. The SMILES string of the molecule is C=CCN(Cc1cccc(C#N)c1)C(=O)CCC(C)C. The summed E-state index contributed by atoms with van der Waals surface area (Å²) in [4.78, 5) is 14.0. The van der Waals surface area contributed by atoms with Crippen LogP contribution in [0.15, 0.2) is 36.9 Å². The van der Waals surface area contributed by atoms with E-state index in [-0.39, 0.29) is 5.91 Å². The number of nitrogens with zero attached hydrogens (tertiary/aromatic N) is 2. The van der Waals surface area contributed by atoms with Crippen LogP contribution in [-0.2, 0) is 11.3 Å². The van der Waals surface area contributed by atoms with Crippen LogP contribution in [0.4, 0.5) is 0 Å². The smallest absolute Gasteiger partial charge is 0.223 e. The van der Waals surface area contributed by atoms with Crippen LogP contribution < -0.4 is 0 Å². The number of rotatable bonds is 7. The van der Waals surface area contributed by atoms with E-state index < -0.39 is 0 Å². The molecular formula is C17H22N2O. The standard InChI is InChI=1S/C17H22N2O/c1-4-10-19(17(20)9-8-14(2)3)13-16-7-5-6-15(11-16)12-18/h4-7,11,14H,1,8-10,13H2,2-3H3. The third-order valence-corrected chi connectivity index (χ3v) is 3.07. The molecule has 0 radical (unpaired) electrons. The maximum atomic E-state index is 12.2. The highest BCUT2D eigenvalue weighted by Crippen LogP contribution is 2.11. The number of amides is 1. The third-order valence-electron chi connectivity index (χ3n) is 3.07. The molecule has 0 saturated carbocycles. The van der Waals surface area contributed by atoms with Crippen molar-refractivity contribution >= 4 is 5.91 Å². The highest BCUT2D eigenvalue weighted by molar-refractivity contribution is 5.76. The Morgan fingerprint density at radius 2 is 2.25 bits per heavy atom. The number of carbonyl (C=O) groups excluding carboxylic acids is 1. The van der Waals surface area contributed by atoms with Gasteiger partial charge in [0, 0.05) is 19.5 Å². The molecule has 1 amide bonds. The fourth-order valence-electron chi connectivity index (χ4n) is 1.94. The predicted octanol–water partition coefficient (Wildman–Crippen LogP) is 3.51. The molecule has 1 aromatic carbocycles. The van der Waals surface area contributed by atoms with Gasteiger partial charge in [0.2, 0.25) is 5.91 Å². The van der Waals surface area contributed by atoms with Gasteiger partial charge >= 0.3 is 0 Å². The zero-order valence-corrected chi connectivity index (χ0v) is 12.3. The topological polar surface area (TPSA) is 44.1 Å². The molecule has 0 aliphatic rings. The van der Waals surface area contributed by atoms with Crippen LogP contribution in [0.1, 0.15) is 37.8 Å². The van der Waals surface area contributed by atoms with Crippen LogP contribution in [0.5, 0.6) is 0 Å². The molecule has 3 nitrogen and oxygen atoms in total. The first-order valence-electron chi connectivity index (χ1n) is 6.94. The molecule has 106 valence electrons. The van der Waals surface area contributed by atoms with Gasteiger partial charge in [0.15, 0.2) is 0 Å². The Morgan fingerprint density at radius 3 is 2.85 bits per heavy atom. The van der Waals surface area contributed by atoms with E-state index >= 15 is 0 Å². The van der Waals surface area contributed by atoms with Gasteiger partial charge in [-0.15, -0.1) is 6.58 Å². The van der Waals surface area contributed by atoms with Crippen molar-refractivity contribution in [3.8, 4) is 6.07 Å². The summed E-state index contributed by atoms with van der Waals surface area (Å²) in [5.41, 5.74) is 1.60. The van der Waals surface area contributed by atoms with Crippen molar-refractivity contribution in [2.75, 3.05) is 6.54 Å². The Balaban J connectivity index is 2.73. The number of nitriles is 1. The Hall–Kier alpha value is -2.08. The lowest BCUT2D eigenvalue weighted by Crippen LogP contribution is -2.30. The van der Waals surface area contributed by atoms with Gasteiger partial charge in [-0.3, -0.25) is 4.79 Å². The van der Waals surface area contributed by atoms with Crippen molar-refractivity contribution in [3.05, 3.63) is 48.0 Å². The highest BCUT2D eigenvalue weighted by atomic mass is 16.2. The fourth-order valence-corrected chi connectivity index (χ4v) is 1.94. The summed E-state index contributed by atoms with van der Waals surface area (Å²) >= 11 is 0. The molecule has 0 aromatic heterocycles. The van der Waals surface area contributed by atoms with E-state index in [0.29, 0.717) is 31.0 Å². The van der Waals surface area contributed by atoms with Crippen molar-refractivity contribution in [3.63, 3.8) is 0 Å². The maximum Gasteiger partial charge on any atom is 0.223 e. The molecule has 20 heavy (non-hydrogen) atoms. The van der Waals surface area contributed by atoms with Gasteiger partial charge in [-0.2, -0.15) is 5.26 Å². The molecule has 3 heteroatoms. The second-order valence-electron chi connectivity index (χ2n) is 5.31. The largest absolute Gasteiger partial charge is 0.335 e. The van der Waals surface area contributed by atoms with Crippen molar-refractivity contribution in [1.29, 1.82) is 5.26 Å². The van der Waals surface area contributed by atoms with Crippen LogP contribution >= 0.6 is 0 Å². The number of hydrogen-bond acceptors (Lipinski definition) is 2. The molecule has 0 N–H and O–H groups in total. The molecular weight excluding hydrogens is 248 g/mol. The zero-order valence-electron chi connectivity index (χ0n) is 12.3. The van der Waals surface area contributed by atoms with Gasteiger partial charge in [0.1, 0.15) is 0 Å². The summed E-state index contributed by atoms with van der Waals surface area (Å²) in [6, 6.07) is 9.49. The minimum atomic E-state index is 0.140. The second-order valence-corrected chi connectivity index (χ2v) is 5.31. The van der Waals surface area contributed by atoms with E-state index in [0.717, 1.165) is 12.0 Å². The molecule has 0 bridgehead atoms. The van der Waals surface area contributed by atoms with Crippen LogP contribution in [0.25, 0.3) is 0 Å². The number of carbonyl (C=O) groups is 1. The average molecular weight is 270 g/mol. The van der Waals surface area contributed by atoms with E-state index in [1.54, 1.807) is 17.0 Å². The predicted molar refractivity (Wildman–Crippen MR) is 80.8 cm³/mol. The van der Waals surface area contributed by atoms with Crippen LogP contribution in [0, 0.1) is 17.2 Å². The summed E-state index contributed by atoms with van der Waals surface area (Å²) in [5.74, 6) is 0.660. The van der Waals surface area contributed by atoms with Gasteiger partial charge < -0.3 is 4.90 Å². The number of benzene rings is 1. The molecule has 0 fully saturated rings. The molecule has 1 rings (SSSR count). The molecule has 0 heterocycles. The summed E-state index contributed by atoms with van der Waals surface area (Å²) in [5, 5.41) is 8.91. The summed E-state index contributed by atoms with van der Waals surface area (Å²) in [7, 11) is 0. The first-order valence-corrected chi connectivity index (χ1v) is 6.94. The monoisotopic (exact) mass is 270 g/mol. The normalized spacial score (nSPS) is 10.1. The summed E-state index contributed by atoms with van der Waals surface area (Å²) < 4.78 is 0. The van der Waals surface area contributed by atoms with Crippen LogP contribution in [-0.4, -0.2) is 17.4 Å². The maximum absolute atomic E-state index is 12.2. The summed E-state index contributed by atoms with van der Waals surface area (Å²) in [6.07, 6.45) is 3.19. The van der Waals surface area contributed by atoms with Crippen molar-refractivity contribution in [1.82, 2.24) is 4.90 Å². The first kappa shape index (κ1) is 16.0. The molecule has 0 aliphatic carbocycles. The van der Waals surface area contributed by atoms with Gasteiger partial charge in [-0.05, 0) is 30.0 Å². The first-order chi connectivity index (χ1) is 9.56. The lowest BCUT2D eigenvalue weighted by Gasteiger charge is -2.22. The highest BCUT2D eigenvalue weighted by Gasteiger charge is 2.13. The molecule has 0 spiro atoms. The van der Waals surface area contributed by atoms with E-state index in [9.17, 15) is 4.79 Å². The van der Waals surface area contributed by atoms with Gasteiger partial charge in [-0.1, -0.05) is 32.1 Å². The minimum Gasteiger partial charge on any atom is -0.335 e. The Kier molecular flexibility index (Phi) is 6.52. The lowest BCUT2D eigenvalue weighted by molar-refractivity contribution is -0.131. The Labute approximate surface area is 121 Å². The van der Waals surface area contributed by atoms with E-state index in [1.165, 1.54) is 0 Å². The third kappa shape index (κ3) is 5.27. The summed E-state index contributed by atoms with van der Waals surface area (Å²) in [6.45, 7) is 8.99. The van der Waals surface area contributed by atoms with Crippen molar-refractivity contribution in [2.24, 2.45) is 5.92 Å². The quantitative estimate of drug-likeness (QED) is 0.712. The van der Waals surface area contributed by atoms with Crippen molar-refractivity contribution in [2.45, 2.75) is 33.2 Å². The van der Waals surface area contributed by atoms with Crippen LogP contribution in [0.3, 0.4) is 0 Å². The molecule has 0 aliphatic heterocycles. The molecule has 0 unspecified atom stereocenters. The Bertz CT molecular complexity index is 500. The lowest BCUT2D eigenvalue weighted by atomic mass is 10.1. The van der Waals surface area contributed by atoms with Crippen LogP contribution in [0.2, 0.25) is 0 Å². The molecule has 0 saturated heterocycles. The number of hydrogen-bond donors (Lipinski definition) is 0. The van der Waals surface area contributed by atoms with Crippen molar-refractivity contribution < 1.29 is 4.79 Å². The Morgan fingerprint density at radius 1 is 1.50 bits per heavy atom. The minimum absolute atomic E-state index is 0.140. The average Bonchev–Trinajstić information content (AvgIpc) is 2.44. The zero-order chi connectivity index (χ0) is 15.0. The van der Waals surface area contributed by atoms with Gasteiger partial charge in [0.05, 0.1) is 11.6 Å². The van der Waals surface area contributed by atoms with E-state index in [1.807, 2.05) is 18.2 Å². The van der Waals surface area contributed by atoms with E-state index in [4.69, 9.17) is 5.26 Å². The van der Waals surface area contributed by atoms with E-state index in [2.05, 4.69) is 26.5 Å². The second kappa shape index (κ2) is 8.16. The fraction of sp³-hybridized carbons (Fsp3) is 0.412. The van der Waals surface area contributed by atoms with Gasteiger partial charge in [0.25, 0.3) is 0 Å².